The smallest absolute Gasteiger partial charge is 0.134 e. The highest BCUT2D eigenvalue weighted by Crippen LogP contribution is 2.24. The number of nitrogens with zero attached hydrogens (tertiary/aromatic N) is 2. The molecule has 1 aromatic carbocycles. The van der Waals surface area contributed by atoms with Crippen molar-refractivity contribution in [3.05, 3.63) is 42.2 Å². The van der Waals surface area contributed by atoms with E-state index in [9.17, 15) is 8.78 Å². The SMILES string of the molecule is Fc1ccc(-c2cnn(C3CCNC3)c2)c(F)c1. The number of rotatable bonds is 2. The van der Waals surface area contributed by atoms with Gasteiger partial charge in [0, 0.05) is 29.9 Å². The van der Waals surface area contributed by atoms with Crippen LogP contribution in [0.15, 0.2) is 30.6 Å². The first kappa shape index (κ1) is 11.3. The van der Waals surface area contributed by atoms with E-state index in [0.29, 0.717) is 17.2 Å². The number of halogens is 2. The lowest BCUT2D eigenvalue weighted by atomic mass is 10.1. The minimum atomic E-state index is -0.566. The zero-order valence-electron chi connectivity index (χ0n) is 9.74. The van der Waals surface area contributed by atoms with Gasteiger partial charge < -0.3 is 5.32 Å². The molecule has 1 aliphatic heterocycles. The van der Waals surface area contributed by atoms with Crippen LogP contribution < -0.4 is 5.32 Å². The van der Waals surface area contributed by atoms with E-state index in [1.54, 1.807) is 6.20 Å². The van der Waals surface area contributed by atoms with E-state index in [0.717, 1.165) is 25.6 Å². The molecule has 1 fully saturated rings. The lowest BCUT2D eigenvalue weighted by Crippen LogP contribution is -2.13. The molecule has 0 radical (unpaired) electrons. The molecule has 1 N–H and O–H groups in total. The van der Waals surface area contributed by atoms with Crippen LogP contribution in [0.1, 0.15) is 12.5 Å². The fourth-order valence-electron chi connectivity index (χ4n) is 2.27. The summed E-state index contributed by atoms with van der Waals surface area (Å²) in [4.78, 5) is 0. The summed E-state index contributed by atoms with van der Waals surface area (Å²) in [6.45, 7) is 1.86. The van der Waals surface area contributed by atoms with Crippen LogP contribution in [-0.4, -0.2) is 22.9 Å². The molecule has 1 saturated heterocycles. The highest BCUT2D eigenvalue weighted by molar-refractivity contribution is 5.62. The monoisotopic (exact) mass is 249 g/mol. The van der Waals surface area contributed by atoms with E-state index in [1.807, 2.05) is 10.9 Å². The molecule has 2 aromatic rings. The van der Waals surface area contributed by atoms with Crippen LogP contribution in [0, 0.1) is 11.6 Å². The predicted molar refractivity (Wildman–Crippen MR) is 64.1 cm³/mol. The Balaban J connectivity index is 1.92. The Morgan fingerprint density at radius 2 is 2.22 bits per heavy atom. The normalized spacial score (nSPS) is 19.3. The van der Waals surface area contributed by atoms with Gasteiger partial charge in [-0.05, 0) is 25.1 Å². The maximum absolute atomic E-state index is 13.6. The van der Waals surface area contributed by atoms with Crippen molar-refractivity contribution in [2.24, 2.45) is 0 Å². The second kappa shape index (κ2) is 4.49. The van der Waals surface area contributed by atoms with Crippen molar-refractivity contribution in [1.82, 2.24) is 15.1 Å². The van der Waals surface area contributed by atoms with Gasteiger partial charge in [0.2, 0.25) is 0 Å². The average Bonchev–Trinajstić information content (AvgIpc) is 2.99. The van der Waals surface area contributed by atoms with Gasteiger partial charge in [-0.2, -0.15) is 5.10 Å². The molecule has 3 nitrogen and oxygen atoms in total. The molecule has 5 heteroatoms. The second-order valence-electron chi connectivity index (χ2n) is 4.48. The van der Waals surface area contributed by atoms with E-state index in [2.05, 4.69) is 10.4 Å². The summed E-state index contributed by atoms with van der Waals surface area (Å²) in [6, 6.07) is 3.91. The van der Waals surface area contributed by atoms with Crippen molar-refractivity contribution in [1.29, 1.82) is 0 Å². The number of nitrogens with one attached hydrogen (secondary N) is 1. The average molecular weight is 249 g/mol. The number of benzene rings is 1. The third-order valence-electron chi connectivity index (χ3n) is 3.25. The van der Waals surface area contributed by atoms with Crippen LogP contribution in [0.3, 0.4) is 0 Å². The zero-order valence-corrected chi connectivity index (χ0v) is 9.74. The predicted octanol–water partition coefficient (Wildman–Crippen LogP) is 2.36. The van der Waals surface area contributed by atoms with E-state index < -0.39 is 11.6 Å². The van der Waals surface area contributed by atoms with Crippen LogP contribution in [0.5, 0.6) is 0 Å². The molecule has 0 saturated carbocycles. The summed E-state index contributed by atoms with van der Waals surface area (Å²) in [5.41, 5.74) is 1.06. The Kier molecular flexibility index (Phi) is 2.83. The van der Waals surface area contributed by atoms with Crippen molar-refractivity contribution in [2.45, 2.75) is 12.5 Å². The Hall–Kier alpha value is -1.75. The number of hydrogen-bond acceptors (Lipinski definition) is 2. The van der Waals surface area contributed by atoms with Gasteiger partial charge >= 0.3 is 0 Å². The fourth-order valence-corrected chi connectivity index (χ4v) is 2.27. The third-order valence-corrected chi connectivity index (χ3v) is 3.25. The van der Waals surface area contributed by atoms with Gasteiger partial charge in [-0.1, -0.05) is 0 Å². The van der Waals surface area contributed by atoms with Gasteiger partial charge in [-0.25, -0.2) is 8.78 Å². The second-order valence-corrected chi connectivity index (χ2v) is 4.48. The largest absolute Gasteiger partial charge is 0.315 e. The minimum absolute atomic E-state index is 0.322. The van der Waals surface area contributed by atoms with Crippen LogP contribution in [0.4, 0.5) is 8.78 Å². The Labute approximate surface area is 103 Å². The zero-order chi connectivity index (χ0) is 12.5. The Morgan fingerprint density at radius 3 is 2.94 bits per heavy atom. The highest BCUT2D eigenvalue weighted by Gasteiger charge is 2.18. The van der Waals surface area contributed by atoms with Crippen molar-refractivity contribution < 1.29 is 8.78 Å². The molecule has 18 heavy (non-hydrogen) atoms. The molecule has 0 spiro atoms. The molecule has 0 aliphatic carbocycles. The van der Waals surface area contributed by atoms with Crippen LogP contribution in [0.2, 0.25) is 0 Å². The molecule has 1 atom stereocenters. The molecular formula is C13H13F2N3. The number of hydrogen-bond donors (Lipinski definition) is 1. The Bertz CT molecular complexity index is 559. The lowest BCUT2D eigenvalue weighted by molar-refractivity contribution is 0.491. The molecule has 3 rings (SSSR count). The molecule has 1 aromatic heterocycles. The first-order chi connectivity index (χ1) is 8.74. The third kappa shape index (κ3) is 2.01. The van der Waals surface area contributed by atoms with Gasteiger partial charge in [0.05, 0.1) is 12.2 Å². The summed E-state index contributed by atoms with van der Waals surface area (Å²) < 4.78 is 28.3. The maximum Gasteiger partial charge on any atom is 0.134 e. The van der Waals surface area contributed by atoms with Crippen molar-refractivity contribution in [2.75, 3.05) is 13.1 Å². The topological polar surface area (TPSA) is 29.9 Å². The molecule has 1 aliphatic rings. The van der Waals surface area contributed by atoms with E-state index in [4.69, 9.17) is 0 Å². The summed E-state index contributed by atoms with van der Waals surface area (Å²) in [6.07, 6.45) is 4.45. The van der Waals surface area contributed by atoms with Crippen molar-refractivity contribution >= 4 is 0 Å². The van der Waals surface area contributed by atoms with Crippen LogP contribution >= 0.6 is 0 Å². The van der Waals surface area contributed by atoms with E-state index in [1.165, 1.54) is 12.1 Å². The van der Waals surface area contributed by atoms with E-state index in [-0.39, 0.29) is 0 Å². The quantitative estimate of drug-likeness (QED) is 0.885. The van der Waals surface area contributed by atoms with Gasteiger partial charge in [0.1, 0.15) is 11.6 Å². The Morgan fingerprint density at radius 1 is 1.33 bits per heavy atom. The van der Waals surface area contributed by atoms with Gasteiger partial charge in [-0.15, -0.1) is 0 Å². The molecule has 2 heterocycles. The van der Waals surface area contributed by atoms with Gasteiger partial charge in [0.15, 0.2) is 0 Å². The standard InChI is InChI=1S/C13H13F2N3/c14-10-1-2-12(13(15)5-10)9-6-17-18(8-9)11-3-4-16-7-11/h1-2,5-6,8,11,16H,3-4,7H2. The van der Waals surface area contributed by atoms with Crippen LogP contribution in [-0.2, 0) is 0 Å². The first-order valence-corrected chi connectivity index (χ1v) is 5.94. The molecule has 0 bridgehead atoms. The number of aromatic nitrogens is 2. The van der Waals surface area contributed by atoms with Crippen LogP contribution in [0.25, 0.3) is 11.1 Å². The van der Waals surface area contributed by atoms with Gasteiger partial charge in [-0.3, -0.25) is 4.68 Å². The molecule has 94 valence electrons. The van der Waals surface area contributed by atoms with Gasteiger partial charge in [0.25, 0.3) is 0 Å². The molecular weight excluding hydrogens is 236 g/mol. The lowest BCUT2D eigenvalue weighted by Gasteiger charge is -2.07. The molecule has 0 amide bonds. The minimum Gasteiger partial charge on any atom is -0.315 e. The fraction of sp³-hybridized carbons (Fsp3) is 0.308. The maximum atomic E-state index is 13.6. The summed E-state index contributed by atoms with van der Waals surface area (Å²) in [5, 5.41) is 7.51. The van der Waals surface area contributed by atoms with Crippen molar-refractivity contribution in [3.63, 3.8) is 0 Å². The first-order valence-electron chi connectivity index (χ1n) is 5.94. The highest BCUT2D eigenvalue weighted by atomic mass is 19.1. The van der Waals surface area contributed by atoms with Crippen molar-refractivity contribution in [3.8, 4) is 11.1 Å². The molecule has 1 unspecified atom stereocenters. The summed E-state index contributed by atoms with van der Waals surface area (Å²) >= 11 is 0. The van der Waals surface area contributed by atoms with E-state index >= 15 is 0 Å². The summed E-state index contributed by atoms with van der Waals surface area (Å²) in [5.74, 6) is -1.12. The summed E-state index contributed by atoms with van der Waals surface area (Å²) in [7, 11) is 0.